The molecule has 0 spiro atoms. The Morgan fingerprint density at radius 1 is 1.14 bits per heavy atom. The fourth-order valence-electron chi connectivity index (χ4n) is 2.91. The van der Waals surface area contributed by atoms with Crippen LogP contribution in [0.3, 0.4) is 0 Å². The molecule has 1 aromatic heterocycles. The Balaban J connectivity index is 1.58. The Morgan fingerprint density at radius 3 is 2.61 bits per heavy atom. The van der Waals surface area contributed by atoms with Gasteiger partial charge in [-0.05, 0) is 76.4 Å². The van der Waals surface area contributed by atoms with E-state index in [0.29, 0.717) is 17.2 Å². The first-order valence-electron chi connectivity index (χ1n) is 8.80. The molecule has 1 amide bonds. The predicted molar refractivity (Wildman–Crippen MR) is 111 cm³/mol. The molecule has 0 unspecified atom stereocenters. The fraction of sp³-hybridized carbons (Fsp3) is 0.0909. The lowest BCUT2D eigenvalue weighted by Crippen LogP contribution is -2.13. The van der Waals surface area contributed by atoms with Crippen LogP contribution < -0.4 is 5.32 Å². The van der Waals surface area contributed by atoms with Crippen LogP contribution in [0.2, 0.25) is 0 Å². The topological polar surface area (TPSA) is 55.1 Å². The SMILES string of the molecule is CCc1cc(Br)c2oc(-c3ccc(NC(=O)c4ccccc4F)cc3)nc2c1. The third-order valence-electron chi connectivity index (χ3n) is 4.42. The number of anilines is 1. The highest BCUT2D eigenvalue weighted by Gasteiger charge is 2.14. The van der Waals surface area contributed by atoms with Gasteiger partial charge >= 0.3 is 0 Å². The second-order valence-electron chi connectivity index (χ2n) is 6.31. The van der Waals surface area contributed by atoms with E-state index in [1.807, 2.05) is 12.1 Å². The molecule has 28 heavy (non-hydrogen) atoms. The summed E-state index contributed by atoms with van der Waals surface area (Å²) in [6.45, 7) is 2.09. The number of nitrogens with zero attached hydrogens (tertiary/aromatic N) is 1. The summed E-state index contributed by atoms with van der Waals surface area (Å²) in [6.07, 6.45) is 0.910. The van der Waals surface area contributed by atoms with Crippen LogP contribution in [0.4, 0.5) is 10.1 Å². The Kier molecular flexibility index (Phi) is 4.96. The van der Waals surface area contributed by atoms with Crippen molar-refractivity contribution in [3.8, 4) is 11.5 Å². The summed E-state index contributed by atoms with van der Waals surface area (Å²) in [7, 11) is 0. The Hall–Kier alpha value is -2.99. The van der Waals surface area contributed by atoms with Crippen LogP contribution in [-0.4, -0.2) is 10.9 Å². The fourth-order valence-corrected chi connectivity index (χ4v) is 3.49. The van der Waals surface area contributed by atoms with Crippen molar-refractivity contribution in [3.05, 3.63) is 82.1 Å². The van der Waals surface area contributed by atoms with Gasteiger partial charge < -0.3 is 9.73 Å². The number of aryl methyl sites for hydroxylation is 1. The Labute approximate surface area is 169 Å². The van der Waals surface area contributed by atoms with Gasteiger partial charge in [0.15, 0.2) is 5.58 Å². The molecule has 140 valence electrons. The molecule has 6 heteroatoms. The molecule has 4 nitrogen and oxygen atoms in total. The number of hydrogen-bond acceptors (Lipinski definition) is 3. The molecule has 0 radical (unpaired) electrons. The molecule has 0 aliphatic heterocycles. The lowest BCUT2D eigenvalue weighted by atomic mass is 10.1. The van der Waals surface area contributed by atoms with Gasteiger partial charge in [0.25, 0.3) is 5.91 Å². The van der Waals surface area contributed by atoms with Crippen molar-refractivity contribution in [2.45, 2.75) is 13.3 Å². The molecular formula is C22H16BrFN2O2. The number of benzene rings is 3. The lowest BCUT2D eigenvalue weighted by molar-refractivity contribution is 0.102. The largest absolute Gasteiger partial charge is 0.435 e. The van der Waals surface area contributed by atoms with Crippen LogP contribution in [0.15, 0.2) is 69.6 Å². The second kappa shape index (κ2) is 7.56. The van der Waals surface area contributed by atoms with Gasteiger partial charge in [-0.3, -0.25) is 4.79 Å². The van der Waals surface area contributed by atoms with Gasteiger partial charge in [0.1, 0.15) is 11.3 Å². The van der Waals surface area contributed by atoms with Crippen LogP contribution in [0.5, 0.6) is 0 Å². The maximum Gasteiger partial charge on any atom is 0.258 e. The first-order chi connectivity index (χ1) is 13.5. The molecule has 4 aromatic rings. The first kappa shape index (κ1) is 18.4. The Morgan fingerprint density at radius 2 is 1.89 bits per heavy atom. The number of aromatic nitrogens is 1. The average molecular weight is 439 g/mol. The third kappa shape index (κ3) is 3.55. The van der Waals surface area contributed by atoms with E-state index >= 15 is 0 Å². The van der Waals surface area contributed by atoms with E-state index in [1.165, 1.54) is 17.7 Å². The zero-order valence-corrected chi connectivity index (χ0v) is 16.6. The van der Waals surface area contributed by atoms with E-state index in [-0.39, 0.29) is 5.56 Å². The van der Waals surface area contributed by atoms with Gasteiger partial charge in [-0.1, -0.05) is 19.1 Å². The van der Waals surface area contributed by atoms with Crippen LogP contribution in [-0.2, 0) is 6.42 Å². The van der Waals surface area contributed by atoms with E-state index in [0.717, 1.165) is 22.0 Å². The molecule has 0 aliphatic carbocycles. The molecule has 1 N–H and O–H groups in total. The number of carbonyl (C=O) groups excluding carboxylic acids is 1. The quantitative estimate of drug-likeness (QED) is 0.411. The van der Waals surface area contributed by atoms with Crippen molar-refractivity contribution in [2.24, 2.45) is 0 Å². The molecule has 1 heterocycles. The minimum atomic E-state index is -0.555. The Bertz CT molecular complexity index is 1170. The van der Waals surface area contributed by atoms with E-state index in [4.69, 9.17) is 4.42 Å². The van der Waals surface area contributed by atoms with Crippen LogP contribution in [0.1, 0.15) is 22.8 Å². The summed E-state index contributed by atoms with van der Waals surface area (Å²) in [6, 6.07) is 17.0. The molecule has 3 aromatic carbocycles. The van der Waals surface area contributed by atoms with Crippen molar-refractivity contribution < 1.29 is 13.6 Å². The first-order valence-corrected chi connectivity index (χ1v) is 9.59. The number of nitrogens with one attached hydrogen (secondary N) is 1. The summed E-state index contributed by atoms with van der Waals surface area (Å²) in [5, 5.41) is 2.69. The van der Waals surface area contributed by atoms with Crippen molar-refractivity contribution >= 4 is 38.6 Å². The van der Waals surface area contributed by atoms with Gasteiger partial charge in [-0.25, -0.2) is 9.37 Å². The summed E-state index contributed by atoms with van der Waals surface area (Å²) in [5.41, 5.74) is 4.00. The number of halogens is 2. The van der Waals surface area contributed by atoms with Crippen molar-refractivity contribution in [1.29, 1.82) is 0 Å². The molecule has 0 bridgehead atoms. The van der Waals surface area contributed by atoms with Gasteiger partial charge in [0, 0.05) is 11.3 Å². The molecule has 0 atom stereocenters. The number of fused-ring (bicyclic) bond motifs is 1. The maximum atomic E-state index is 13.7. The second-order valence-corrected chi connectivity index (χ2v) is 7.16. The summed E-state index contributed by atoms with van der Waals surface area (Å²) < 4.78 is 20.5. The molecule has 4 rings (SSSR count). The van der Waals surface area contributed by atoms with Crippen LogP contribution >= 0.6 is 15.9 Å². The van der Waals surface area contributed by atoms with E-state index in [1.54, 1.807) is 36.4 Å². The molecule has 0 saturated heterocycles. The average Bonchev–Trinajstić information content (AvgIpc) is 3.13. The summed E-state index contributed by atoms with van der Waals surface area (Å²) in [4.78, 5) is 16.8. The van der Waals surface area contributed by atoms with Crippen LogP contribution in [0, 0.1) is 5.82 Å². The highest BCUT2D eigenvalue weighted by atomic mass is 79.9. The van der Waals surface area contributed by atoms with E-state index in [2.05, 4.69) is 33.2 Å². The van der Waals surface area contributed by atoms with Gasteiger partial charge in [-0.2, -0.15) is 0 Å². The number of amides is 1. The molecule has 0 aliphatic rings. The highest BCUT2D eigenvalue weighted by Crippen LogP contribution is 2.31. The normalized spacial score (nSPS) is 11.0. The number of hydrogen-bond donors (Lipinski definition) is 1. The molecule has 0 fully saturated rings. The molecule has 0 saturated carbocycles. The number of carbonyl (C=O) groups is 1. The van der Waals surface area contributed by atoms with E-state index in [9.17, 15) is 9.18 Å². The highest BCUT2D eigenvalue weighted by molar-refractivity contribution is 9.10. The van der Waals surface area contributed by atoms with Crippen molar-refractivity contribution in [3.63, 3.8) is 0 Å². The summed E-state index contributed by atoms with van der Waals surface area (Å²) >= 11 is 3.53. The minimum Gasteiger partial charge on any atom is -0.435 e. The van der Waals surface area contributed by atoms with Crippen LogP contribution in [0.25, 0.3) is 22.6 Å². The monoisotopic (exact) mass is 438 g/mol. The summed E-state index contributed by atoms with van der Waals surface area (Å²) in [5.74, 6) is -0.556. The van der Waals surface area contributed by atoms with Gasteiger partial charge in [0.05, 0.1) is 10.0 Å². The molecular weight excluding hydrogens is 423 g/mol. The van der Waals surface area contributed by atoms with Gasteiger partial charge in [0.2, 0.25) is 5.89 Å². The smallest absolute Gasteiger partial charge is 0.258 e. The van der Waals surface area contributed by atoms with E-state index < -0.39 is 11.7 Å². The van der Waals surface area contributed by atoms with Crippen molar-refractivity contribution in [2.75, 3.05) is 5.32 Å². The number of oxazole rings is 1. The van der Waals surface area contributed by atoms with Crippen molar-refractivity contribution in [1.82, 2.24) is 4.98 Å². The third-order valence-corrected chi connectivity index (χ3v) is 5.01. The predicted octanol–water partition coefficient (Wildman–Crippen LogP) is 6.21. The zero-order valence-electron chi connectivity index (χ0n) is 15.0. The maximum absolute atomic E-state index is 13.7. The minimum absolute atomic E-state index is 0.00195. The zero-order chi connectivity index (χ0) is 19.7. The van der Waals surface area contributed by atoms with Gasteiger partial charge in [-0.15, -0.1) is 0 Å². The number of rotatable bonds is 4. The standard InChI is InChI=1S/C22H16BrFN2O2/c1-2-13-11-17(23)20-19(12-13)26-22(28-20)14-7-9-15(10-8-14)25-21(27)16-5-3-4-6-18(16)24/h3-12H,2H2,1H3,(H,25,27). The lowest BCUT2D eigenvalue weighted by Gasteiger charge is -2.06.